The van der Waals surface area contributed by atoms with Crippen LogP contribution in [0.2, 0.25) is 5.02 Å². The van der Waals surface area contributed by atoms with Crippen molar-refractivity contribution >= 4 is 28.9 Å². The minimum Gasteiger partial charge on any atom is -0.354 e. The molecule has 2 aromatic rings. The van der Waals surface area contributed by atoms with Crippen LogP contribution in [-0.2, 0) is 0 Å². The van der Waals surface area contributed by atoms with Crippen LogP contribution in [0.1, 0.15) is 10.5 Å². The fraction of sp³-hybridized carbons (Fsp3) is 0.250. The van der Waals surface area contributed by atoms with Crippen LogP contribution in [0.15, 0.2) is 42.6 Å². The van der Waals surface area contributed by atoms with E-state index in [0.717, 1.165) is 17.9 Å². The van der Waals surface area contributed by atoms with E-state index in [1.165, 1.54) is 0 Å². The maximum Gasteiger partial charge on any atom is 0.269 e. The second kappa shape index (κ2) is 7.77. The minimum absolute atomic E-state index is 0.190. The molecule has 0 aliphatic carbocycles. The predicted molar refractivity (Wildman–Crippen MR) is 89.9 cm³/mol. The number of hydrogen-bond acceptors (Lipinski definition) is 4. The molecule has 0 fully saturated rings. The van der Waals surface area contributed by atoms with Gasteiger partial charge in [-0.2, -0.15) is 0 Å². The van der Waals surface area contributed by atoms with Gasteiger partial charge in [0.25, 0.3) is 5.91 Å². The number of pyridine rings is 1. The molecule has 1 aromatic carbocycles. The Hall–Kier alpha value is -2.11. The van der Waals surface area contributed by atoms with E-state index in [4.69, 9.17) is 11.6 Å². The van der Waals surface area contributed by atoms with E-state index in [2.05, 4.69) is 15.6 Å². The van der Waals surface area contributed by atoms with Gasteiger partial charge in [0.15, 0.2) is 0 Å². The second-order valence-electron chi connectivity index (χ2n) is 5.09. The lowest BCUT2D eigenvalue weighted by atomic mass is 10.2. The number of nitrogens with zero attached hydrogens (tertiary/aromatic N) is 2. The topological polar surface area (TPSA) is 57.3 Å². The lowest BCUT2D eigenvalue weighted by molar-refractivity contribution is 0.0946. The molecule has 0 spiro atoms. The van der Waals surface area contributed by atoms with Gasteiger partial charge in [-0.05, 0) is 38.4 Å². The number of amides is 1. The smallest absolute Gasteiger partial charge is 0.269 e. The van der Waals surface area contributed by atoms with Crippen molar-refractivity contribution in [2.75, 3.05) is 32.5 Å². The fourth-order valence-corrected chi connectivity index (χ4v) is 2.02. The monoisotopic (exact) mass is 318 g/mol. The van der Waals surface area contributed by atoms with Crippen molar-refractivity contribution in [2.24, 2.45) is 0 Å². The van der Waals surface area contributed by atoms with Crippen LogP contribution in [0.5, 0.6) is 0 Å². The summed E-state index contributed by atoms with van der Waals surface area (Å²) in [5, 5.41) is 6.64. The molecule has 0 bridgehead atoms. The number of rotatable bonds is 6. The molecule has 0 radical (unpaired) electrons. The molecule has 0 aliphatic heterocycles. The molecule has 2 N–H and O–H groups in total. The summed E-state index contributed by atoms with van der Waals surface area (Å²) in [5.74, 6) is -0.190. The van der Waals surface area contributed by atoms with Crippen molar-refractivity contribution in [3.63, 3.8) is 0 Å². The highest BCUT2D eigenvalue weighted by Crippen LogP contribution is 2.24. The molecule has 0 aliphatic rings. The van der Waals surface area contributed by atoms with E-state index in [1.807, 2.05) is 37.2 Å². The van der Waals surface area contributed by atoms with Crippen LogP contribution < -0.4 is 10.6 Å². The van der Waals surface area contributed by atoms with Crippen molar-refractivity contribution in [3.05, 3.63) is 53.3 Å². The van der Waals surface area contributed by atoms with Crippen LogP contribution in [-0.4, -0.2) is 43.0 Å². The molecule has 1 aromatic heterocycles. The molecule has 0 unspecified atom stereocenters. The van der Waals surface area contributed by atoms with Crippen molar-refractivity contribution in [1.82, 2.24) is 15.2 Å². The Balaban J connectivity index is 2.03. The maximum absolute atomic E-state index is 12.1. The molecule has 0 atom stereocenters. The van der Waals surface area contributed by atoms with Gasteiger partial charge in [-0.25, -0.2) is 0 Å². The highest BCUT2D eigenvalue weighted by Gasteiger charge is 2.08. The largest absolute Gasteiger partial charge is 0.354 e. The summed E-state index contributed by atoms with van der Waals surface area (Å²) in [4.78, 5) is 18.2. The Bertz CT molecular complexity index is 646. The molecule has 2 rings (SSSR count). The maximum atomic E-state index is 12.1. The molecule has 22 heavy (non-hydrogen) atoms. The summed E-state index contributed by atoms with van der Waals surface area (Å²) in [7, 11) is 3.91. The molecule has 116 valence electrons. The summed E-state index contributed by atoms with van der Waals surface area (Å²) >= 11 is 6.11. The quantitative estimate of drug-likeness (QED) is 0.860. The zero-order chi connectivity index (χ0) is 15.9. The number of para-hydroxylation sites is 1. The number of nitrogens with one attached hydrogen (secondary N) is 2. The third-order valence-electron chi connectivity index (χ3n) is 2.99. The fourth-order valence-electron chi connectivity index (χ4n) is 1.83. The lowest BCUT2D eigenvalue weighted by Crippen LogP contribution is -2.31. The van der Waals surface area contributed by atoms with Crippen molar-refractivity contribution in [2.45, 2.75) is 0 Å². The first-order chi connectivity index (χ1) is 10.6. The van der Waals surface area contributed by atoms with Gasteiger partial charge in [0, 0.05) is 25.0 Å². The van der Waals surface area contributed by atoms with Gasteiger partial charge < -0.3 is 15.5 Å². The number of aromatic nitrogens is 1. The van der Waals surface area contributed by atoms with E-state index >= 15 is 0 Å². The zero-order valence-corrected chi connectivity index (χ0v) is 13.4. The normalized spacial score (nSPS) is 10.5. The first-order valence-electron chi connectivity index (χ1n) is 6.97. The summed E-state index contributed by atoms with van der Waals surface area (Å²) in [6.45, 7) is 1.36. The number of carbonyl (C=O) groups is 1. The Morgan fingerprint density at radius 1 is 1.27 bits per heavy atom. The molecule has 1 amide bonds. The summed E-state index contributed by atoms with van der Waals surface area (Å²) in [6.07, 6.45) is 1.60. The van der Waals surface area contributed by atoms with Gasteiger partial charge in [0.05, 0.1) is 10.7 Å². The number of anilines is 2. The van der Waals surface area contributed by atoms with E-state index in [9.17, 15) is 4.79 Å². The van der Waals surface area contributed by atoms with Gasteiger partial charge in [-0.3, -0.25) is 9.78 Å². The molecule has 6 heteroatoms. The lowest BCUT2D eigenvalue weighted by Gasteiger charge is -2.11. The van der Waals surface area contributed by atoms with Crippen LogP contribution in [0, 0.1) is 0 Å². The van der Waals surface area contributed by atoms with Gasteiger partial charge in [-0.1, -0.05) is 23.7 Å². The third kappa shape index (κ3) is 4.72. The molecule has 5 nitrogen and oxygen atoms in total. The Labute approximate surface area is 135 Å². The van der Waals surface area contributed by atoms with Crippen molar-refractivity contribution in [1.29, 1.82) is 0 Å². The number of hydrogen-bond donors (Lipinski definition) is 2. The standard InChI is InChI=1S/C16H19ClN4O/c1-21(2)10-9-19-16(22)15-11-12(7-8-18-15)20-14-6-4-3-5-13(14)17/h3-8,11H,9-10H2,1-2H3,(H,18,20)(H,19,22). The summed E-state index contributed by atoms with van der Waals surface area (Å²) in [5.41, 5.74) is 1.92. The second-order valence-corrected chi connectivity index (χ2v) is 5.50. The van der Waals surface area contributed by atoms with Crippen LogP contribution in [0.4, 0.5) is 11.4 Å². The van der Waals surface area contributed by atoms with E-state index in [-0.39, 0.29) is 5.91 Å². The first-order valence-corrected chi connectivity index (χ1v) is 7.34. The van der Waals surface area contributed by atoms with Crippen LogP contribution in [0.25, 0.3) is 0 Å². The molecular weight excluding hydrogens is 300 g/mol. The van der Waals surface area contributed by atoms with Crippen LogP contribution >= 0.6 is 11.6 Å². The summed E-state index contributed by atoms with van der Waals surface area (Å²) < 4.78 is 0. The average Bonchev–Trinajstić information content (AvgIpc) is 2.49. The van der Waals surface area contributed by atoms with Gasteiger partial charge in [-0.15, -0.1) is 0 Å². The van der Waals surface area contributed by atoms with Gasteiger partial charge in [0.1, 0.15) is 5.69 Å². The molecule has 1 heterocycles. The average molecular weight is 319 g/mol. The van der Waals surface area contributed by atoms with E-state index < -0.39 is 0 Å². The minimum atomic E-state index is -0.190. The molecule has 0 saturated heterocycles. The van der Waals surface area contributed by atoms with Crippen molar-refractivity contribution in [3.8, 4) is 0 Å². The molecular formula is C16H19ClN4O. The third-order valence-corrected chi connectivity index (χ3v) is 3.32. The van der Waals surface area contributed by atoms with Gasteiger partial charge >= 0.3 is 0 Å². The Morgan fingerprint density at radius 2 is 2.05 bits per heavy atom. The van der Waals surface area contributed by atoms with Crippen LogP contribution in [0.3, 0.4) is 0 Å². The number of halogens is 1. The first kappa shape index (κ1) is 16.3. The van der Waals surface area contributed by atoms with Crippen molar-refractivity contribution < 1.29 is 4.79 Å². The highest BCUT2D eigenvalue weighted by molar-refractivity contribution is 6.33. The Morgan fingerprint density at radius 3 is 2.77 bits per heavy atom. The molecule has 0 saturated carbocycles. The zero-order valence-electron chi connectivity index (χ0n) is 12.6. The van der Waals surface area contributed by atoms with E-state index in [0.29, 0.717) is 17.3 Å². The number of likely N-dealkylation sites (N-methyl/N-ethyl adjacent to an activating group) is 1. The highest BCUT2D eigenvalue weighted by atomic mass is 35.5. The number of benzene rings is 1. The van der Waals surface area contributed by atoms with Gasteiger partial charge in [0.2, 0.25) is 0 Å². The number of carbonyl (C=O) groups excluding carboxylic acids is 1. The predicted octanol–water partition coefficient (Wildman–Crippen LogP) is 2.77. The van der Waals surface area contributed by atoms with E-state index in [1.54, 1.807) is 24.4 Å². The SMILES string of the molecule is CN(C)CCNC(=O)c1cc(Nc2ccccc2Cl)ccn1. The Kier molecular flexibility index (Phi) is 5.75. The summed E-state index contributed by atoms with van der Waals surface area (Å²) in [6, 6.07) is 10.9.